The van der Waals surface area contributed by atoms with Gasteiger partial charge in [-0.1, -0.05) is 36.4 Å². The highest BCUT2D eigenvalue weighted by Gasteiger charge is 2.03. The van der Waals surface area contributed by atoms with Gasteiger partial charge in [-0.3, -0.25) is 4.98 Å². The molecule has 4 nitrogen and oxygen atoms in total. The molecular formula is C19H19N3OS. The van der Waals surface area contributed by atoms with Crippen molar-refractivity contribution in [3.05, 3.63) is 71.9 Å². The van der Waals surface area contributed by atoms with Crippen molar-refractivity contribution < 1.29 is 4.74 Å². The van der Waals surface area contributed by atoms with E-state index in [0.717, 1.165) is 27.8 Å². The Morgan fingerprint density at radius 1 is 1.00 bits per heavy atom. The van der Waals surface area contributed by atoms with Crippen LogP contribution in [-0.4, -0.2) is 17.2 Å². The smallest absolute Gasteiger partial charge is 0.166 e. The number of methoxy groups -OCH3 is 1. The van der Waals surface area contributed by atoms with Crippen LogP contribution in [0.1, 0.15) is 11.1 Å². The Bertz CT molecular complexity index is 828. The van der Waals surface area contributed by atoms with E-state index in [9.17, 15) is 0 Å². The molecule has 2 N–H and O–H groups in total. The van der Waals surface area contributed by atoms with Gasteiger partial charge in [0.15, 0.2) is 5.11 Å². The van der Waals surface area contributed by atoms with Crippen LogP contribution >= 0.6 is 12.2 Å². The number of benzene rings is 2. The highest BCUT2D eigenvalue weighted by molar-refractivity contribution is 7.80. The van der Waals surface area contributed by atoms with Crippen molar-refractivity contribution in [1.82, 2.24) is 15.6 Å². The molecule has 5 heteroatoms. The van der Waals surface area contributed by atoms with E-state index in [0.29, 0.717) is 18.2 Å². The molecule has 0 aliphatic rings. The Balaban J connectivity index is 1.55. The number of para-hydroxylation sites is 1. The predicted molar refractivity (Wildman–Crippen MR) is 101 cm³/mol. The number of ether oxygens (including phenoxy) is 1. The molecule has 0 aliphatic heterocycles. The summed E-state index contributed by atoms with van der Waals surface area (Å²) >= 11 is 5.36. The minimum absolute atomic E-state index is 0.624. The number of rotatable bonds is 5. The molecule has 0 bridgehead atoms. The summed E-state index contributed by atoms with van der Waals surface area (Å²) in [5.74, 6) is 0.850. The summed E-state index contributed by atoms with van der Waals surface area (Å²) in [6.07, 6.45) is 1.81. The molecular weight excluding hydrogens is 318 g/mol. The molecule has 24 heavy (non-hydrogen) atoms. The maximum absolute atomic E-state index is 5.36. The fourth-order valence-corrected chi connectivity index (χ4v) is 2.62. The van der Waals surface area contributed by atoms with E-state index in [-0.39, 0.29) is 0 Å². The highest BCUT2D eigenvalue weighted by Crippen LogP contribution is 2.15. The first kappa shape index (κ1) is 16.2. The van der Waals surface area contributed by atoms with E-state index in [1.807, 2.05) is 42.6 Å². The minimum atomic E-state index is 0.624. The van der Waals surface area contributed by atoms with Crippen LogP contribution in [0.3, 0.4) is 0 Å². The molecule has 0 amide bonds. The Morgan fingerprint density at radius 2 is 1.75 bits per heavy atom. The topological polar surface area (TPSA) is 46.2 Å². The van der Waals surface area contributed by atoms with Gasteiger partial charge in [0.1, 0.15) is 5.75 Å². The number of fused-ring (bicyclic) bond motifs is 1. The lowest BCUT2D eigenvalue weighted by molar-refractivity contribution is 0.414. The molecule has 3 aromatic rings. The summed E-state index contributed by atoms with van der Waals surface area (Å²) in [6.45, 7) is 1.31. The van der Waals surface area contributed by atoms with Crippen molar-refractivity contribution in [1.29, 1.82) is 0 Å². The molecule has 0 saturated carbocycles. The van der Waals surface area contributed by atoms with Crippen molar-refractivity contribution in [2.45, 2.75) is 13.1 Å². The van der Waals surface area contributed by atoms with E-state index in [4.69, 9.17) is 17.0 Å². The van der Waals surface area contributed by atoms with Gasteiger partial charge in [0, 0.05) is 24.7 Å². The van der Waals surface area contributed by atoms with Crippen molar-refractivity contribution in [3.63, 3.8) is 0 Å². The lowest BCUT2D eigenvalue weighted by Gasteiger charge is -2.12. The van der Waals surface area contributed by atoms with Crippen LogP contribution < -0.4 is 15.4 Å². The third-order valence-electron chi connectivity index (χ3n) is 3.77. The van der Waals surface area contributed by atoms with Crippen molar-refractivity contribution >= 4 is 28.2 Å². The zero-order valence-corrected chi connectivity index (χ0v) is 14.3. The minimum Gasteiger partial charge on any atom is -0.497 e. The molecule has 0 aliphatic carbocycles. The molecule has 0 atom stereocenters. The van der Waals surface area contributed by atoms with Gasteiger partial charge in [0.25, 0.3) is 0 Å². The van der Waals surface area contributed by atoms with E-state index in [1.54, 1.807) is 7.11 Å². The number of nitrogens with zero attached hydrogens (tertiary/aromatic N) is 1. The van der Waals surface area contributed by atoms with Crippen molar-refractivity contribution in [3.8, 4) is 5.75 Å². The lowest BCUT2D eigenvalue weighted by atomic mass is 10.1. The first-order valence-corrected chi connectivity index (χ1v) is 8.14. The standard InChI is InChI=1S/C19H19N3OS/c1-23-17-9-7-14(8-10-17)12-21-19(24)22-13-16-5-2-4-15-6-3-11-20-18(15)16/h2-11H,12-13H2,1H3,(H2,21,22,24). The van der Waals surface area contributed by atoms with Crippen molar-refractivity contribution in [2.24, 2.45) is 0 Å². The number of hydrogen-bond acceptors (Lipinski definition) is 3. The molecule has 0 radical (unpaired) electrons. The van der Waals surface area contributed by atoms with Gasteiger partial charge in [0.05, 0.1) is 12.6 Å². The van der Waals surface area contributed by atoms with Crippen molar-refractivity contribution in [2.75, 3.05) is 7.11 Å². The molecule has 3 rings (SSSR count). The largest absolute Gasteiger partial charge is 0.497 e. The zero-order valence-electron chi connectivity index (χ0n) is 13.5. The van der Waals surface area contributed by atoms with Crippen LogP contribution in [0.2, 0.25) is 0 Å². The Kier molecular flexibility index (Phi) is 5.23. The van der Waals surface area contributed by atoms with E-state index in [2.05, 4.69) is 33.8 Å². The summed E-state index contributed by atoms with van der Waals surface area (Å²) in [7, 11) is 1.66. The Morgan fingerprint density at radius 3 is 2.54 bits per heavy atom. The third kappa shape index (κ3) is 4.00. The monoisotopic (exact) mass is 337 g/mol. The van der Waals surface area contributed by atoms with Crippen LogP contribution in [0.5, 0.6) is 5.75 Å². The SMILES string of the molecule is COc1ccc(CNC(=S)NCc2cccc3cccnc23)cc1. The molecule has 0 fully saturated rings. The van der Waals surface area contributed by atoms with Gasteiger partial charge >= 0.3 is 0 Å². The molecule has 1 heterocycles. The second kappa shape index (κ2) is 7.75. The predicted octanol–water partition coefficient (Wildman–Crippen LogP) is 3.41. The van der Waals surface area contributed by atoms with Gasteiger partial charge in [-0.05, 0) is 41.5 Å². The maximum atomic E-state index is 5.36. The summed E-state index contributed by atoms with van der Waals surface area (Å²) in [6, 6.07) is 18.1. The number of thiocarbonyl (C=S) groups is 1. The van der Waals surface area contributed by atoms with Crippen LogP contribution in [0.15, 0.2) is 60.8 Å². The van der Waals surface area contributed by atoms with Gasteiger partial charge in [-0.15, -0.1) is 0 Å². The Hall–Kier alpha value is -2.66. The summed E-state index contributed by atoms with van der Waals surface area (Å²) in [5, 5.41) is 8.21. The maximum Gasteiger partial charge on any atom is 0.166 e. The zero-order chi connectivity index (χ0) is 16.8. The first-order chi connectivity index (χ1) is 11.8. The molecule has 0 spiro atoms. The summed E-state index contributed by atoms with van der Waals surface area (Å²) in [5.41, 5.74) is 3.28. The molecule has 2 aromatic carbocycles. The fourth-order valence-electron chi connectivity index (χ4n) is 2.47. The van der Waals surface area contributed by atoms with E-state index >= 15 is 0 Å². The first-order valence-electron chi connectivity index (χ1n) is 7.73. The summed E-state index contributed by atoms with van der Waals surface area (Å²) in [4.78, 5) is 4.45. The van der Waals surface area contributed by atoms with Crippen LogP contribution in [-0.2, 0) is 13.1 Å². The average Bonchev–Trinajstić information content (AvgIpc) is 2.65. The molecule has 0 unspecified atom stereocenters. The van der Waals surface area contributed by atoms with Crippen LogP contribution in [0, 0.1) is 0 Å². The lowest BCUT2D eigenvalue weighted by Crippen LogP contribution is -2.34. The van der Waals surface area contributed by atoms with Gasteiger partial charge < -0.3 is 15.4 Å². The quantitative estimate of drug-likeness (QED) is 0.699. The second-order valence-corrected chi connectivity index (χ2v) is 5.78. The molecule has 122 valence electrons. The van der Waals surface area contributed by atoms with E-state index in [1.165, 1.54) is 0 Å². The van der Waals surface area contributed by atoms with Crippen LogP contribution in [0.25, 0.3) is 10.9 Å². The molecule has 0 saturated heterocycles. The average molecular weight is 337 g/mol. The van der Waals surface area contributed by atoms with Gasteiger partial charge in [0.2, 0.25) is 0 Å². The second-order valence-electron chi connectivity index (χ2n) is 5.38. The van der Waals surface area contributed by atoms with E-state index < -0.39 is 0 Å². The molecule has 1 aromatic heterocycles. The summed E-state index contributed by atoms with van der Waals surface area (Å²) < 4.78 is 5.15. The highest BCUT2D eigenvalue weighted by atomic mass is 32.1. The number of nitrogens with one attached hydrogen (secondary N) is 2. The normalized spacial score (nSPS) is 10.4. The number of aromatic nitrogens is 1. The van der Waals surface area contributed by atoms with Crippen LogP contribution in [0.4, 0.5) is 0 Å². The fraction of sp³-hybridized carbons (Fsp3) is 0.158. The number of pyridine rings is 1. The van der Waals surface area contributed by atoms with Gasteiger partial charge in [-0.2, -0.15) is 0 Å². The third-order valence-corrected chi connectivity index (χ3v) is 4.06. The Labute approximate surface area is 146 Å². The number of hydrogen-bond donors (Lipinski definition) is 2. The van der Waals surface area contributed by atoms with Gasteiger partial charge in [-0.25, -0.2) is 0 Å².